The Morgan fingerprint density at radius 2 is 1.32 bits per heavy atom. The van der Waals surface area contributed by atoms with Gasteiger partial charge in [0, 0.05) is 49.5 Å². The van der Waals surface area contributed by atoms with Crippen molar-refractivity contribution in [2.24, 2.45) is 0 Å². The Hall–Kier alpha value is -4.09. The average Bonchev–Trinajstić information content (AvgIpc) is 3.30. The summed E-state index contributed by atoms with van der Waals surface area (Å²) in [6.07, 6.45) is 2.46. The molecular weight excluding hydrogens is 506 g/mol. The molecule has 0 bridgehead atoms. The molecule has 1 amide bonds. The lowest BCUT2D eigenvalue weighted by Crippen LogP contribution is -2.46. The first-order chi connectivity index (χ1) is 20.2. The van der Waals surface area contributed by atoms with Crippen LogP contribution in [0.5, 0.6) is 0 Å². The number of unbranched alkanes of at least 4 members (excludes halogenated alkanes) is 1. The molecule has 1 fully saturated rings. The van der Waals surface area contributed by atoms with Gasteiger partial charge in [0.1, 0.15) is 0 Å². The predicted molar refractivity (Wildman–Crippen MR) is 167 cm³/mol. The van der Waals surface area contributed by atoms with Gasteiger partial charge in [-0.3, -0.25) is 4.90 Å². The molecule has 1 N–H and O–H groups in total. The van der Waals surface area contributed by atoms with Gasteiger partial charge in [-0.2, -0.15) is 0 Å². The first kappa shape index (κ1) is 27.1. The molecule has 6 rings (SSSR count). The van der Waals surface area contributed by atoms with E-state index in [2.05, 4.69) is 118 Å². The summed E-state index contributed by atoms with van der Waals surface area (Å²) in [4.78, 5) is 17.9. The summed E-state index contributed by atoms with van der Waals surface area (Å²) in [5.74, 6) is 0. The molecule has 4 aromatic rings. The number of rotatable bonds is 9. The number of carbonyl (C=O) groups excluding carboxylic acids is 1. The summed E-state index contributed by atoms with van der Waals surface area (Å²) in [5, 5.41) is 2.86. The molecule has 0 radical (unpaired) electrons. The number of hydrogen-bond donors (Lipinski definition) is 1. The van der Waals surface area contributed by atoms with Crippen LogP contribution in [0.4, 0.5) is 10.5 Å². The second-order valence-electron chi connectivity index (χ2n) is 11.0. The number of nitrogens with zero attached hydrogens (tertiary/aromatic N) is 2. The Kier molecular flexibility index (Phi) is 8.06. The van der Waals surface area contributed by atoms with Crippen molar-refractivity contribution in [3.05, 3.63) is 114 Å². The Bertz CT molecular complexity index is 1410. The van der Waals surface area contributed by atoms with Crippen LogP contribution in [0.15, 0.2) is 103 Å². The minimum absolute atomic E-state index is 0.355. The molecule has 0 atom stereocenters. The first-order valence-corrected chi connectivity index (χ1v) is 15.0. The minimum Gasteiger partial charge on any atom is -0.433 e. The maximum atomic E-state index is 12.8. The molecule has 2 aliphatic rings. The van der Waals surface area contributed by atoms with Crippen LogP contribution in [0.1, 0.15) is 37.3 Å². The third-order valence-electron chi connectivity index (χ3n) is 8.57. The molecule has 0 unspecified atom stereocenters. The third-order valence-corrected chi connectivity index (χ3v) is 8.57. The number of ether oxygens (including phenoxy) is 1. The monoisotopic (exact) mass is 545 g/mol. The van der Waals surface area contributed by atoms with Crippen molar-refractivity contribution in [1.29, 1.82) is 0 Å². The van der Waals surface area contributed by atoms with E-state index in [1.165, 1.54) is 27.9 Å². The molecular formula is C36H39N3O2. The van der Waals surface area contributed by atoms with Crippen molar-refractivity contribution in [1.82, 2.24) is 10.2 Å². The number of piperazine rings is 1. The number of nitrogens with one attached hydrogen (secondary N) is 1. The van der Waals surface area contributed by atoms with E-state index in [9.17, 15) is 4.79 Å². The van der Waals surface area contributed by atoms with Crippen LogP contribution in [0.3, 0.4) is 0 Å². The highest BCUT2D eigenvalue weighted by Gasteiger charge is 2.46. The zero-order valence-electron chi connectivity index (χ0n) is 23.9. The van der Waals surface area contributed by atoms with Gasteiger partial charge >= 0.3 is 6.09 Å². The zero-order chi connectivity index (χ0) is 28.1. The van der Waals surface area contributed by atoms with Gasteiger partial charge in [0.15, 0.2) is 5.60 Å². The molecule has 0 saturated carbocycles. The quantitative estimate of drug-likeness (QED) is 0.224. The lowest BCUT2D eigenvalue weighted by molar-refractivity contribution is 0.0331. The molecule has 0 spiro atoms. The SMILES string of the molecule is CCNC(=O)OC1(CCCCN2CCN(c3ccc(-c4ccccc4)cc3)CC2)c2ccccc2-c2ccccc21. The lowest BCUT2D eigenvalue weighted by Gasteiger charge is -2.36. The van der Waals surface area contributed by atoms with Gasteiger partial charge in [-0.15, -0.1) is 0 Å². The number of carbonyl (C=O) groups is 1. The van der Waals surface area contributed by atoms with E-state index in [0.717, 1.165) is 63.1 Å². The molecule has 1 heterocycles. The van der Waals surface area contributed by atoms with Crippen molar-refractivity contribution in [3.63, 3.8) is 0 Å². The average molecular weight is 546 g/mol. The second kappa shape index (κ2) is 12.2. The van der Waals surface area contributed by atoms with E-state index < -0.39 is 5.60 Å². The molecule has 0 aromatic heterocycles. The fourth-order valence-electron chi connectivity index (χ4n) is 6.49. The predicted octanol–water partition coefficient (Wildman–Crippen LogP) is 7.32. The van der Waals surface area contributed by atoms with Gasteiger partial charge in [-0.1, -0.05) is 91.0 Å². The van der Waals surface area contributed by atoms with E-state index in [0.29, 0.717) is 6.54 Å². The summed E-state index contributed by atoms with van der Waals surface area (Å²) in [6, 6.07) is 36.3. The highest BCUT2D eigenvalue weighted by Crippen LogP contribution is 2.52. The first-order valence-electron chi connectivity index (χ1n) is 15.0. The number of benzene rings is 4. The standard InChI is InChI=1S/C36H39N3O2/c1-2-37-35(40)41-36(33-16-8-6-14-31(33)32-15-7-9-17-34(32)36)22-10-11-23-38-24-26-39(27-25-38)30-20-18-29(19-21-30)28-12-4-3-5-13-28/h3-9,12-21H,2,10-11,22-27H2,1H3,(H,37,40). The van der Waals surface area contributed by atoms with Gasteiger partial charge in [-0.25, -0.2) is 4.79 Å². The van der Waals surface area contributed by atoms with Crippen LogP contribution >= 0.6 is 0 Å². The summed E-state index contributed by atoms with van der Waals surface area (Å²) in [7, 11) is 0. The highest BCUT2D eigenvalue weighted by molar-refractivity contribution is 5.82. The maximum Gasteiger partial charge on any atom is 0.408 e. The summed E-state index contributed by atoms with van der Waals surface area (Å²) >= 11 is 0. The summed E-state index contributed by atoms with van der Waals surface area (Å²) in [5.41, 5.74) is 7.59. The minimum atomic E-state index is -0.753. The van der Waals surface area contributed by atoms with Crippen LogP contribution in [0.25, 0.3) is 22.3 Å². The van der Waals surface area contributed by atoms with Crippen LogP contribution in [0, 0.1) is 0 Å². The van der Waals surface area contributed by atoms with Gasteiger partial charge in [-0.05, 0) is 67.1 Å². The molecule has 1 aliphatic carbocycles. The molecule has 1 aliphatic heterocycles. The molecule has 210 valence electrons. The van der Waals surface area contributed by atoms with Crippen molar-refractivity contribution >= 4 is 11.8 Å². The molecule has 1 saturated heterocycles. The van der Waals surface area contributed by atoms with Crippen LogP contribution in [-0.4, -0.2) is 50.3 Å². The smallest absolute Gasteiger partial charge is 0.408 e. The Balaban J connectivity index is 1.06. The van der Waals surface area contributed by atoms with E-state index in [-0.39, 0.29) is 6.09 Å². The fourth-order valence-corrected chi connectivity index (χ4v) is 6.49. The Morgan fingerprint density at radius 1 is 0.732 bits per heavy atom. The Morgan fingerprint density at radius 3 is 1.95 bits per heavy atom. The van der Waals surface area contributed by atoms with Crippen LogP contribution in [-0.2, 0) is 10.3 Å². The molecule has 5 nitrogen and oxygen atoms in total. The lowest BCUT2D eigenvalue weighted by atomic mass is 9.86. The molecule has 5 heteroatoms. The van der Waals surface area contributed by atoms with Crippen molar-refractivity contribution in [2.75, 3.05) is 44.2 Å². The molecule has 41 heavy (non-hydrogen) atoms. The highest BCUT2D eigenvalue weighted by atomic mass is 16.6. The number of alkyl carbamates (subject to hydrolysis) is 1. The van der Waals surface area contributed by atoms with Gasteiger partial charge in [0.25, 0.3) is 0 Å². The van der Waals surface area contributed by atoms with Crippen LogP contribution < -0.4 is 10.2 Å². The zero-order valence-corrected chi connectivity index (χ0v) is 23.9. The number of amides is 1. The number of fused-ring (bicyclic) bond motifs is 3. The number of anilines is 1. The number of hydrogen-bond acceptors (Lipinski definition) is 4. The molecule has 4 aromatic carbocycles. The van der Waals surface area contributed by atoms with E-state index in [1.807, 2.05) is 6.92 Å². The van der Waals surface area contributed by atoms with E-state index in [4.69, 9.17) is 4.74 Å². The van der Waals surface area contributed by atoms with Gasteiger partial charge in [0.05, 0.1) is 0 Å². The van der Waals surface area contributed by atoms with Crippen LogP contribution in [0.2, 0.25) is 0 Å². The normalized spacial score (nSPS) is 15.7. The van der Waals surface area contributed by atoms with Gasteiger partial charge < -0.3 is 15.0 Å². The van der Waals surface area contributed by atoms with E-state index in [1.54, 1.807) is 0 Å². The summed E-state index contributed by atoms with van der Waals surface area (Å²) in [6.45, 7) is 7.72. The van der Waals surface area contributed by atoms with Crippen molar-refractivity contribution in [3.8, 4) is 22.3 Å². The van der Waals surface area contributed by atoms with Crippen molar-refractivity contribution < 1.29 is 9.53 Å². The summed E-state index contributed by atoms with van der Waals surface area (Å²) < 4.78 is 6.31. The fraction of sp³-hybridized carbons (Fsp3) is 0.306. The third kappa shape index (κ3) is 5.59. The van der Waals surface area contributed by atoms with Gasteiger partial charge in [0.2, 0.25) is 0 Å². The van der Waals surface area contributed by atoms with E-state index >= 15 is 0 Å². The van der Waals surface area contributed by atoms with Crippen molar-refractivity contribution in [2.45, 2.75) is 31.8 Å². The maximum absolute atomic E-state index is 12.8. The largest absolute Gasteiger partial charge is 0.433 e. The second-order valence-corrected chi connectivity index (χ2v) is 11.0. The Labute approximate surface area is 243 Å². The topological polar surface area (TPSA) is 44.8 Å².